The minimum Gasteiger partial charge on any atom is -0.466 e. The van der Waals surface area contributed by atoms with Crippen molar-refractivity contribution in [3.05, 3.63) is 36.0 Å². The summed E-state index contributed by atoms with van der Waals surface area (Å²) in [5, 5.41) is 0. The van der Waals surface area contributed by atoms with Crippen LogP contribution in [0.5, 0.6) is 0 Å². The van der Waals surface area contributed by atoms with Crippen molar-refractivity contribution >= 4 is 27.6 Å². The number of hydrogen-bond donors (Lipinski definition) is 1. The van der Waals surface area contributed by atoms with Crippen LogP contribution in [0.3, 0.4) is 0 Å². The molecule has 0 bridgehead atoms. The molecule has 150 valence electrons. The van der Waals surface area contributed by atoms with Crippen LogP contribution in [-0.4, -0.2) is 44.1 Å². The Labute approximate surface area is 164 Å². The molecule has 8 nitrogen and oxygen atoms in total. The molecule has 0 radical (unpaired) electrons. The van der Waals surface area contributed by atoms with Crippen LogP contribution >= 0.6 is 0 Å². The molecule has 2 heterocycles. The monoisotopic (exact) mass is 404 g/mol. The number of aromatic nitrogens is 2. The van der Waals surface area contributed by atoms with Crippen LogP contribution in [0.25, 0.3) is 0 Å². The van der Waals surface area contributed by atoms with Gasteiger partial charge in [-0.15, -0.1) is 0 Å². The first kappa shape index (κ1) is 20.1. The predicted molar refractivity (Wildman–Crippen MR) is 105 cm³/mol. The number of carbonyl (C=O) groups is 1. The smallest absolute Gasteiger partial charge is 0.310 e. The number of benzene rings is 1. The summed E-state index contributed by atoms with van der Waals surface area (Å²) < 4.78 is 30.8. The van der Waals surface area contributed by atoms with Gasteiger partial charge in [-0.1, -0.05) is 17.7 Å². The van der Waals surface area contributed by atoms with E-state index in [1.807, 2.05) is 11.8 Å². The molecule has 1 saturated heterocycles. The Bertz CT molecular complexity index is 960. The van der Waals surface area contributed by atoms with E-state index >= 15 is 0 Å². The Hall–Kier alpha value is -2.68. The lowest BCUT2D eigenvalue weighted by Crippen LogP contribution is -2.40. The SMILES string of the molecule is CCOC(=O)[C@@H]1CCCN(c2ncc(S(=O)(=O)c3ccc(C)cc3)c(N)n2)C1. The second-order valence-corrected chi connectivity index (χ2v) is 8.69. The fraction of sp³-hybridized carbons (Fsp3) is 0.421. The Morgan fingerprint density at radius 2 is 2.04 bits per heavy atom. The number of nitrogen functional groups attached to an aromatic ring is 1. The number of carbonyl (C=O) groups excluding carboxylic acids is 1. The van der Waals surface area contributed by atoms with Crippen LogP contribution in [0.2, 0.25) is 0 Å². The summed E-state index contributed by atoms with van der Waals surface area (Å²) in [4.78, 5) is 22.3. The van der Waals surface area contributed by atoms with Crippen LogP contribution in [-0.2, 0) is 19.4 Å². The van der Waals surface area contributed by atoms with E-state index < -0.39 is 9.84 Å². The minimum atomic E-state index is -3.81. The van der Waals surface area contributed by atoms with Gasteiger partial charge in [-0.3, -0.25) is 4.79 Å². The molecule has 9 heteroatoms. The van der Waals surface area contributed by atoms with Crippen molar-refractivity contribution in [1.29, 1.82) is 0 Å². The molecule has 2 aromatic rings. The molecule has 1 aliphatic heterocycles. The van der Waals surface area contributed by atoms with Gasteiger partial charge < -0.3 is 15.4 Å². The topological polar surface area (TPSA) is 115 Å². The van der Waals surface area contributed by atoms with Crippen molar-refractivity contribution in [2.45, 2.75) is 36.5 Å². The van der Waals surface area contributed by atoms with Gasteiger partial charge in [-0.25, -0.2) is 13.4 Å². The Morgan fingerprint density at radius 3 is 2.68 bits per heavy atom. The van der Waals surface area contributed by atoms with Crippen LogP contribution in [0, 0.1) is 12.8 Å². The molecule has 0 spiro atoms. The molecule has 1 atom stereocenters. The van der Waals surface area contributed by atoms with E-state index in [2.05, 4.69) is 9.97 Å². The van der Waals surface area contributed by atoms with Gasteiger partial charge in [-0.2, -0.15) is 4.98 Å². The number of anilines is 2. The lowest BCUT2D eigenvalue weighted by atomic mass is 9.98. The summed E-state index contributed by atoms with van der Waals surface area (Å²) in [6.07, 6.45) is 2.77. The molecule has 1 aromatic carbocycles. The van der Waals surface area contributed by atoms with Crippen LogP contribution in [0.1, 0.15) is 25.3 Å². The molecule has 0 aliphatic carbocycles. The van der Waals surface area contributed by atoms with Gasteiger partial charge in [0.15, 0.2) is 0 Å². The van der Waals surface area contributed by atoms with E-state index in [0.29, 0.717) is 25.6 Å². The zero-order valence-electron chi connectivity index (χ0n) is 16.0. The van der Waals surface area contributed by atoms with Crippen molar-refractivity contribution in [3.8, 4) is 0 Å². The van der Waals surface area contributed by atoms with E-state index in [9.17, 15) is 13.2 Å². The average molecular weight is 404 g/mol. The van der Waals surface area contributed by atoms with Crippen LogP contribution in [0.4, 0.5) is 11.8 Å². The van der Waals surface area contributed by atoms with E-state index in [1.54, 1.807) is 19.1 Å². The van der Waals surface area contributed by atoms with Gasteiger partial charge >= 0.3 is 5.97 Å². The lowest BCUT2D eigenvalue weighted by Gasteiger charge is -2.31. The third kappa shape index (κ3) is 4.09. The van der Waals surface area contributed by atoms with Crippen molar-refractivity contribution in [3.63, 3.8) is 0 Å². The fourth-order valence-corrected chi connectivity index (χ4v) is 4.45. The molecule has 1 aliphatic rings. The molecule has 0 saturated carbocycles. The maximum Gasteiger partial charge on any atom is 0.310 e. The zero-order valence-corrected chi connectivity index (χ0v) is 16.8. The maximum absolute atomic E-state index is 12.8. The summed E-state index contributed by atoms with van der Waals surface area (Å²) >= 11 is 0. The molecule has 1 aromatic heterocycles. The van der Waals surface area contributed by atoms with Crippen molar-refractivity contribution in [2.75, 3.05) is 30.3 Å². The van der Waals surface area contributed by atoms with Gasteiger partial charge in [0.25, 0.3) is 0 Å². The van der Waals surface area contributed by atoms with E-state index in [1.165, 1.54) is 18.3 Å². The molecule has 0 unspecified atom stereocenters. The van der Waals surface area contributed by atoms with Gasteiger partial charge in [0.2, 0.25) is 15.8 Å². The summed E-state index contributed by atoms with van der Waals surface area (Å²) in [6, 6.07) is 6.52. The van der Waals surface area contributed by atoms with Gasteiger partial charge in [-0.05, 0) is 38.8 Å². The van der Waals surface area contributed by atoms with Crippen LogP contribution in [0.15, 0.2) is 40.3 Å². The largest absolute Gasteiger partial charge is 0.466 e. The molecular formula is C19H24N4O4S. The molecule has 28 heavy (non-hydrogen) atoms. The van der Waals surface area contributed by atoms with Gasteiger partial charge in [0.1, 0.15) is 10.7 Å². The first-order chi connectivity index (χ1) is 13.3. The third-order valence-electron chi connectivity index (χ3n) is 4.72. The Balaban J connectivity index is 1.84. The number of ether oxygens (including phenoxy) is 1. The number of sulfone groups is 1. The van der Waals surface area contributed by atoms with Crippen molar-refractivity contribution < 1.29 is 17.9 Å². The van der Waals surface area contributed by atoms with Gasteiger partial charge in [0, 0.05) is 13.1 Å². The zero-order chi connectivity index (χ0) is 20.3. The molecular weight excluding hydrogens is 380 g/mol. The first-order valence-corrected chi connectivity index (χ1v) is 10.7. The van der Waals surface area contributed by atoms with E-state index in [-0.39, 0.29) is 27.5 Å². The minimum absolute atomic E-state index is 0.108. The number of hydrogen-bond acceptors (Lipinski definition) is 8. The highest BCUT2D eigenvalue weighted by Crippen LogP contribution is 2.27. The van der Waals surface area contributed by atoms with Crippen LogP contribution < -0.4 is 10.6 Å². The number of piperidine rings is 1. The predicted octanol–water partition coefficient (Wildman–Crippen LogP) is 1.98. The van der Waals surface area contributed by atoms with E-state index in [4.69, 9.17) is 10.5 Å². The number of aryl methyl sites for hydroxylation is 1. The Morgan fingerprint density at radius 1 is 1.32 bits per heavy atom. The number of esters is 1. The van der Waals surface area contributed by atoms with Crippen molar-refractivity contribution in [1.82, 2.24) is 9.97 Å². The maximum atomic E-state index is 12.8. The summed E-state index contributed by atoms with van der Waals surface area (Å²) in [6.45, 7) is 5.08. The summed E-state index contributed by atoms with van der Waals surface area (Å²) in [7, 11) is -3.81. The lowest BCUT2D eigenvalue weighted by molar-refractivity contribution is -0.148. The first-order valence-electron chi connectivity index (χ1n) is 9.18. The quantitative estimate of drug-likeness (QED) is 0.752. The molecule has 1 fully saturated rings. The number of nitrogens with zero attached hydrogens (tertiary/aromatic N) is 3. The normalized spacial score (nSPS) is 17.4. The Kier molecular flexibility index (Phi) is 5.83. The summed E-state index contributed by atoms with van der Waals surface area (Å²) in [5.74, 6) is -0.286. The molecule has 0 amide bonds. The molecule has 2 N–H and O–H groups in total. The average Bonchev–Trinajstić information content (AvgIpc) is 2.68. The van der Waals surface area contributed by atoms with Gasteiger partial charge in [0.05, 0.1) is 23.6 Å². The van der Waals surface area contributed by atoms with Crippen molar-refractivity contribution in [2.24, 2.45) is 5.92 Å². The number of nitrogens with two attached hydrogens (primary N) is 1. The number of rotatable bonds is 5. The standard InChI is InChI=1S/C19H24N4O4S/c1-3-27-18(24)14-5-4-10-23(12-14)19-21-11-16(17(20)22-19)28(25,26)15-8-6-13(2)7-9-15/h6-9,11,14H,3-5,10,12H2,1-2H3,(H2,20,21,22)/t14-/m1/s1. The van der Waals surface area contributed by atoms with E-state index in [0.717, 1.165) is 18.4 Å². The highest BCUT2D eigenvalue weighted by molar-refractivity contribution is 7.91. The summed E-state index contributed by atoms with van der Waals surface area (Å²) in [5.41, 5.74) is 6.93. The fourth-order valence-electron chi connectivity index (χ4n) is 3.19. The third-order valence-corrected chi connectivity index (χ3v) is 6.50. The highest BCUT2D eigenvalue weighted by Gasteiger charge is 2.29. The molecule has 3 rings (SSSR count). The second kappa shape index (κ2) is 8.14. The second-order valence-electron chi connectivity index (χ2n) is 6.77. The highest BCUT2D eigenvalue weighted by atomic mass is 32.2.